The normalized spacial score (nSPS) is 17.7. The lowest BCUT2D eigenvalue weighted by atomic mass is 9.90. The zero-order valence-electron chi connectivity index (χ0n) is 18.7. The summed E-state index contributed by atoms with van der Waals surface area (Å²) in [5.74, 6) is -0.141. The fourth-order valence-electron chi connectivity index (χ4n) is 2.53. The van der Waals surface area contributed by atoms with Gasteiger partial charge >= 0.3 is 5.97 Å². The topological polar surface area (TPSA) is 44.8 Å². The number of hydrogen-bond donors (Lipinski definition) is 0. The second-order valence-electron chi connectivity index (χ2n) is 8.58. The van der Waals surface area contributed by atoms with Crippen molar-refractivity contribution in [1.29, 1.82) is 0 Å². The van der Waals surface area contributed by atoms with E-state index in [0.717, 1.165) is 0 Å². The summed E-state index contributed by atoms with van der Waals surface area (Å²) >= 11 is 0. The van der Waals surface area contributed by atoms with E-state index in [1.54, 1.807) is 14.0 Å². The smallest absolute Gasteiger partial charge is 0.333 e. The number of hydrogen-bond acceptors (Lipinski definition) is 4. The lowest BCUT2D eigenvalue weighted by molar-refractivity contribution is -0.136. The van der Waals surface area contributed by atoms with Gasteiger partial charge in [0.25, 0.3) is 0 Å². The lowest BCUT2D eigenvalue weighted by Gasteiger charge is -2.42. The highest BCUT2D eigenvalue weighted by Gasteiger charge is 2.41. The summed E-state index contributed by atoms with van der Waals surface area (Å²) in [7, 11) is 1.19. The van der Waals surface area contributed by atoms with Crippen LogP contribution in [0.3, 0.4) is 0 Å². The molecule has 0 unspecified atom stereocenters. The van der Waals surface area contributed by atoms with Gasteiger partial charge in [0.2, 0.25) is 0 Å². The average Bonchev–Trinajstić information content (AvgIpc) is 2.57. The molecule has 0 fully saturated rings. The zero-order chi connectivity index (χ0) is 20.7. The van der Waals surface area contributed by atoms with Crippen molar-refractivity contribution in [1.82, 2.24) is 0 Å². The van der Waals surface area contributed by atoms with Gasteiger partial charge < -0.3 is 13.9 Å². The average molecular weight is 385 g/mol. The molecule has 5 heteroatoms. The minimum absolute atomic E-state index is 0.00215. The van der Waals surface area contributed by atoms with Crippen LogP contribution in [0.4, 0.5) is 0 Å². The van der Waals surface area contributed by atoms with Gasteiger partial charge in [0, 0.05) is 18.6 Å². The van der Waals surface area contributed by atoms with Crippen molar-refractivity contribution < 1.29 is 18.7 Å². The molecule has 0 N–H and O–H groups in total. The van der Waals surface area contributed by atoms with Crippen molar-refractivity contribution >= 4 is 14.3 Å². The molecule has 0 aromatic carbocycles. The monoisotopic (exact) mass is 384 g/mol. The van der Waals surface area contributed by atoms with Gasteiger partial charge in [-0.1, -0.05) is 39.8 Å². The molecule has 0 aliphatic rings. The van der Waals surface area contributed by atoms with Gasteiger partial charge in [-0.2, -0.15) is 0 Å². The second kappa shape index (κ2) is 10.4. The van der Waals surface area contributed by atoms with Gasteiger partial charge in [-0.05, 0) is 50.9 Å². The van der Waals surface area contributed by atoms with Gasteiger partial charge in [0.1, 0.15) is 0 Å². The highest BCUT2D eigenvalue weighted by molar-refractivity contribution is 6.74. The largest absolute Gasteiger partial charge is 0.466 e. The first kappa shape index (κ1) is 25.1. The minimum atomic E-state index is -1.92. The predicted molar refractivity (Wildman–Crippen MR) is 112 cm³/mol. The number of allylic oxidation sites excluding steroid dienone is 1. The molecule has 0 rings (SSSR count). The standard InChI is InChI=1S/C21H40O4Si/c1-12-15(2)19(25-26(10,11)21(5,6)7)17(4)18(23-8)14-13-16(3)20(22)24-9/h12-13,17-19H,14H2,1-11H3/b15-12+,16-13+/t17-,18+,19-/m0/s1. The van der Waals surface area contributed by atoms with Crippen molar-refractivity contribution in [2.24, 2.45) is 5.92 Å². The van der Waals surface area contributed by atoms with Gasteiger partial charge in [-0.3, -0.25) is 0 Å². The Morgan fingerprint density at radius 1 is 1.15 bits per heavy atom. The van der Waals surface area contributed by atoms with Gasteiger partial charge in [-0.25, -0.2) is 4.79 Å². The molecule has 152 valence electrons. The Kier molecular flexibility index (Phi) is 10.1. The Morgan fingerprint density at radius 2 is 1.69 bits per heavy atom. The molecular formula is C21H40O4Si. The Labute approximate surface area is 162 Å². The summed E-state index contributed by atoms with van der Waals surface area (Å²) in [4.78, 5) is 11.6. The third-order valence-corrected chi connectivity index (χ3v) is 10.1. The SMILES string of the molecule is C/C=C(\C)[C@H](O[Si](C)(C)C(C)(C)C)[C@@H](C)[C@@H](C/C=C(\C)C(=O)OC)OC. The molecule has 0 saturated carbocycles. The fraction of sp³-hybridized carbons (Fsp3) is 0.762. The molecule has 0 bridgehead atoms. The summed E-state index contributed by atoms with van der Waals surface area (Å²) in [5.41, 5.74) is 1.82. The first-order valence-electron chi connectivity index (χ1n) is 9.40. The van der Waals surface area contributed by atoms with Gasteiger partial charge in [-0.15, -0.1) is 0 Å². The van der Waals surface area contributed by atoms with Crippen molar-refractivity contribution in [2.75, 3.05) is 14.2 Å². The minimum Gasteiger partial charge on any atom is -0.466 e. The summed E-state index contributed by atoms with van der Waals surface area (Å²) in [6.07, 6.45) is 4.62. The Balaban J connectivity index is 5.51. The van der Waals surface area contributed by atoms with Crippen molar-refractivity contribution in [3.8, 4) is 0 Å². The zero-order valence-corrected chi connectivity index (χ0v) is 19.7. The van der Waals surface area contributed by atoms with Crippen molar-refractivity contribution in [3.63, 3.8) is 0 Å². The Hall–Kier alpha value is -0.913. The number of esters is 1. The van der Waals surface area contributed by atoms with E-state index in [-0.39, 0.29) is 29.1 Å². The van der Waals surface area contributed by atoms with E-state index >= 15 is 0 Å². The Bertz CT molecular complexity index is 515. The van der Waals surface area contributed by atoms with Crippen molar-refractivity contribution in [2.45, 2.75) is 85.2 Å². The maximum Gasteiger partial charge on any atom is 0.333 e. The van der Waals surface area contributed by atoms with Gasteiger partial charge in [0.15, 0.2) is 8.32 Å². The van der Waals surface area contributed by atoms with E-state index in [2.05, 4.69) is 53.8 Å². The molecule has 0 aliphatic carbocycles. The molecule has 4 nitrogen and oxygen atoms in total. The highest BCUT2D eigenvalue weighted by Crippen LogP contribution is 2.39. The van der Waals surface area contributed by atoms with Crippen LogP contribution in [-0.2, 0) is 18.7 Å². The number of carbonyl (C=O) groups excluding carboxylic acids is 1. The van der Waals surface area contributed by atoms with E-state index in [4.69, 9.17) is 13.9 Å². The maximum absolute atomic E-state index is 11.6. The second-order valence-corrected chi connectivity index (χ2v) is 13.3. The van der Waals surface area contributed by atoms with E-state index in [1.165, 1.54) is 12.7 Å². The molecule has 0 aromatic rings. The van der Waals surface area contributed by atoms with Crippen LogP contribution in [0, 0.1) is 5.92 Å². The molecule has 0 aromatic heterocycles. The van der Waals surface area contributed by atoms with Crippen LogP contribution < -0.4 is 0 Å². The van der Waals surface area contributed by atoms with Crippen LogP contribution in [0.1, 0.15) is 54.9 Å². The molecule has 0 spiro atoms. The van der Waals surface area contributed by atoms with Crippen molar-refractivity contribution in [3.05, 3.63) is 23.3 Å². The third-order valence-electron chi connectivity index (χ3n) is 5.66. The Morgan fingerprint density at radius 3 is 2.08 bits per heavy atom. The molecule has 0 radical (unpaired) electrons. The van der Waals surface area contributed by atoms with E-state index in [9.17, 15) is 4.79 Å². The molecular weight excluding hydrogens is 344 g/mol. The molecule has 0 heterocycles. The summed E-state index contributed by atoms with van der Waals surface area (Å²) in [5, 5.41) is 0.142. The molecule has 26 heavy (non-hydrogen) atoms. The fourth-order valence-corrected chi connectivity index (χ4v) is 3.92. The number of rotatable bonds is 9. The highest BCUT2D eigenvalue weighted by atomic mass is 28.4. The molecule has 0 aliphatic heterocycles. The third kappa shape index (κ3) is 7.01. The first-order chi connectivity index (χ1) is 11.8. The lowest BCUT2D eigenvalue weighted by Crippen LogP contribution is -2.47. The first-order valence-corrected chi connectivity index (χ1v) is 12.3. The quantitative estimate of drug-likeness (QED) is 0.228. The number of methoxy groups -OCH3 is 2. The van der Waals surface area contributed by atoms with Gasteiger partial charge in [0.05, 0.1) is 19.3 Å². The summed E-state index contributed by atoms with van der Waals surface area (Å²) in [6, 6.07) is 0. The molecule has 0 saturated heterocycles. The van der Waals surface area contributed by atoms with Crippen LogP contribution in [0.5, 0.6) is 0 Å². The molecule has 3 atom stereocenters. The summed E-state index contributed by atoms with van der Waals surface area (Å²) in [6.45, 7) is 19.4. The van der Waals surface area contributed by atoms with Crippen LogP contribution in [-0.4, -0.2) is 40.7 Å². The van der Waals surface area contributed by atoms with E-state index in [0.29, 0.717) is 12.0 Å². The van der Waals surface area contributed by atoms with Crippen LogP contribution in [0.2, 0.25) is 18.1 Å². The molecule has 0 amide bonds. The van der Waals surface area contributed by atoms with E-state index < -0.39 is 8.32 Å². The van der Waals surface area contributed by atoms with Crippen LogP contribution in [0.15, 0.2) is 23.3 Å². The van der Waals surface area contributed by atoms with E-state index in [1.807, 2.05) is 13.0 Å². The van der Waals surface area contributed by atoms with Crippen LogP contribution >= 0.6 is 0 Å². The number of ether oxygens (including phenoxy) is 2. The predicted octanol–water partition coefficient (Wildman–Crippen LogP) is 5.50. The number of carbonyl (C=O) groups is 1. The maximum atomic E-state index is 11.6. The summed E-state index contributed by atoms with van der Waals surface area (Å²) < 4.78 is 17.3. The van der Waals surface area contributed by atoms with Crippen LogP contribution in [0.25, 0.3) is 0 Å².